The first-order valence-electron chi connectivity index (χ1n) is 5.19. The minimum atomic E-state index is -0.500. The number of benzene rings is 1. The Kier molecular flexibility index (Phi) is 2.75. The molecule has 0 saturated heterocycles. The lowest BCUT2D eigenvalue weighted by atomic mass is 10.0. The molecule has 0 spiro atoms. The number of nitriles is 1. The van der Waals surface area contributed by atoms with Crippen LogP contribution in [0.3, 0.4) is 0 Å². The van der Waals surface area contributed by atoms with Crippen molar-refractivity contribution in [3.63, 3.8) is 0 Å². The van der Waals surface area contributed by atoms with Crippen LogP contribution >= 0.6 is 0 Å². The summed E-state index contributed by atoms with van der Waals surface area (Å²) in [5, 5.41) is 8.79. The summed E-state index contributed by atoms with van der Waals surface area (Å²) >= 11 is 0. The van der Waals surface area contributed by atoms with Crippen LogP contribution in [0.1, 0.15) is 16.8 Å². The summed E-state index contributed by atoms with van der Waals surface area (Å²) in [4.78, 5) is 17.5. The van der Waals surface area contributed by atoms with Crippen LogP contribution in [0, 0.1) is 25.2 Å². The Labute approximate surface area is 98.6 Å². The van der Waals surface area contributed by atoms with E-state index in [-0.39, 0.29) is 5.69 Å². The summed E-state index contributed by atoms with van der Waals surface area (Å²) in [7, 11) is 0. The Morgan fingerprint density at radius 1 is 1.29 bits per heavy atom. The molecule has 1 aromatic heterocycles. The second-order valence-electron chi connectivity index (χ2n) is 3.92. The summed E-state index contributed by atoms with van der Waals surface area (Å²) in [5.41, 5.74) is 3.32. The van der Waals surface area contributed by atoms with Gasteiger partial charge in [-0.05, 0) is 31.5 Å². The first kappa shape index (κ1) is 11.1. The fourth-order valence-electron chi connectivity index (χ4n) is 1.69. The van der Waals surface area contributed by atoms with E-state index in [1.54, 1.807) is 6.07 Å². The number of aromatic nitrogens is 2. The number of hydrogen-bond donors (Lipinski definition) is 1. The highest BCUT2D eigenvalue weighted by Gasteiger charge is 2.06. The van der Waals surface area contributed by atoms with Crippen molar-refractivity contribution >= 4 is 0 Å². The van der Waals surface area contributed by atoms with Crippen LogP contribution in [0.2, 0.25) is 0 Å². The van der Waals surface area contributed by atoms with Gasteiger partial charge in [-0.1, -0.05) is 17.7 Å². The first-order chi connectivity index (χ1) is 8.10. The molecule has 0 unspecified atom stereocenters. The topological polar surface area (TPSA) is 69.5 Å². The van der Waals surface area contributed by atoms with Gasteiger partial charge in [-0.2, -0.15) is 10.2 Å². The summed E-state index contributed by atoms with van der Waals surface area (Å²) in [5.74, 6) is 0. The monoisotopic (exact) mass is 225 g/mol. The average molecular weight is 225 g/mol. The van der Waals surface area contributed by atoms with E-state index in [1.807, 2.05) is 38.1 Å². The van der Waals surface area contributed by atoms with E-state index in [1.165, 1.54) is 0 Å². The van der Waals surface area contributed by atoms with Crippen molar-refractivity contribution in [3.8, 4) is 17.3 Å². The molecule has 1 N–H and O–H groups in total. The van der Waals surface area contributed by atoms with Gasteiger partial charge in [-0.15, -0.1) is 0 Å². The van der Waals surface area contributed by atoms with Crippen molar-refractivity contribution in [3.05, 3.63) is 51.6 Å². The summed E-state index contributed by atoms with van der Waals surface area (Å²) in [6.07, 6.45) is 0. The van der Waals surface area contributed by atoms with E-state index in [4.69, 9.17) is 5.26 Å². The molecular weight excluding hydrogens is 214 g/mol. The molecule has 84 valence electrons. The zero-order chi connectivity index (χ0) is 12.4. The highest BCUT2D eigenvalue weighted by molar-refractivity contribution is 5.64. The van der Waals surface area contributed by atoms with Crippen molar-refractivity contribution in [1.82, 2.24) is 9.97 Å². The number of aryl methyl sites for hydroxylation is 2. The van der Waals surface area contributed by atoms with Crippen LogP contribution < -0.4 is 5.69 Å². The third-order valence-electron chi connectivity index (χ3n) is 2.54. The van der Waals surface area contributed by atoms with E-state index >= 15 is 0 Å². The molecule has 0 saturated carbocycles. The Morgan fingerprint density at radius 2 is 2.06 bits per heavy atom. The quantitative estimate of drug-likeness (QED) is 0.806. The van der Waals surface area contributed by atoms with Crippen molar-refractivity contribution < 1.29 is 0 Å². The van der Waals surface area contributed by atoms with Gasteiger partial charge in [0.25, 0.3) is 0 Å². The summed E-state index contributed by atoms with van der Waals surface area (Å²) in [6, 6.07) is 9.43. The molecule has 0 fully saturated rings. The standard InChI is InChI=1S/C13H11N3O/c1-8-3-4-9(2)11(5-8)12-6-10(7-14)15-13(17)16-12/h3-6H,1-2H3,(H,15,16,17). The normalized spacial score (nSPS) is 9.94. The van der Waals surface area contributed by atoms with E-state index in [0.29, 0.717) is 5.69 Å². The predicted molar refractivity (Wildman–Crippen MR) is 64.5 cm³/mol. The molecule has 0 aliphatic heterocycles. The predicted octanol–water partition coefficient (Wildman–Crippen LogP) is 1.93. The van der Waals surface area contributed by atoms with Crippen LogP contribution in [0.15, 0.2) is 29.1 Å². The smallest absolute Gasteiger partial charge is 0.305 e. The molecule has 0 amide bonds. The maximum Gasteiger partial charge on any atom is 0.346 e. The van der Waals surface area contributed by atoms with Gasteiger partial charge >= 0.3 is 5.69 Å². The minimum Gasteiger partial charge on any atom is -0.305 e. The van der Waals surface area contributed by atoms with Gasteiger partial charge in [-0.3, -0.25) is 0 Å². The third kappa shape index (κ3) is 2.23. The van der Waals surface area contributed by atoms with Crippen LogP contribution in [0.5, 0.6) is 0 Å². The fraction of sp³-hybridized carbons (Fsp3) is 0.154. The number of hydrogen-bond acceptors (Lipinski definition) is 3. The SMILES string of the molecule is Cc1ccc(C)c(-c2cc(C#N)nc(=O)[nH]2)c1. The molecule has 2 aromatic rings. The van der Waals surface area contributed by atoms with Gasteiger partial charge in [0.15, 0.2) is 0 Å². The van der Waals surface area contributed by atoms with Gasteiger partial charge in [0.1, 0.15) is 11.8 Å². The molecular formula is C13H11N3O. The van der Waals surface area contributed by atoms with E-state index in [9.17, 15) is 4.79 Å². The number of rotatable bonds is 1. The third-order valence-corrected chi connectivity index (χ3v) is 2.54. The number of H-pyrrole nitrogens is 1. The molecule has 0 aliphatic carbocycles. The Hall–Kier alpha value is -2.41. The van der Waals surface area contributed by atoms with Crippen LogP contribution in [0.25, 0.3) is 11.3 Å². The lowest BCUT2D eigenvalue weighted by Gasteiger charge is -2.06. The molecule has 2 rings (SSSR count). The number of aromatic amines is 1. The highest BCUT2D eigenvalue weighted by Crippen LogP contribution is 2.21. The maximum atomic E-state index is 11.3. The second-order valence-corrected chi connectivity index (χ2v) is 3.92. The van der Waals surface area contributed by atoms with Crippen molar-refractivity contribution in [1.29, 1.82) is 5.26 Å². The van der Waals surface area contributed by atoms with Gasteiger partial charge in [0.05, 0.1) is 5.69 Å². The second kappa shape index (κ2) is 4.22. The van der Waals surface area contributed by atoms with Gasteiger partial charge in [0, 0.05) is 5.56 Å². The Morgan fingerprint density at radius 3 is 2.76 bits per heavy atom. The molecule has 1 aromatic carbocycles. The zero-order valence-electron chi connectivity index (χ0n) is 9.61. The van der Waals surface area contributed by atoms with Gasteiger partial charge in [0.2, 0.25) is 0 Å². The average Bonchev–Trinajstić information content (AvgIpc) is 2.31. The lowest BCUT2D eigenvalue weighted by molar-refractivity contribution is 1.06. The number of nitrogens with one attached hydrogen (secondary N) is 1. The molecule has 0 atom stereocenters. The fourth-order valence-corrected chi connectivity index (χ4v) is 1.69. The van der Waals surface area contributed by atoms with Crippen molar-refractivity contribution in [2.24, 2.45) is 0 Å². The lowest BCUT2D eigenvalue weighted by Crippen LogP contribution is -2.12. The van der Waals surface area contributed by atoms with Gasteiger partial charge in [-0.25, -0.2) is 4.79 Å². The molecule has 4 heteroatoms. The first-order valence-corrected chi connectivity index (χ1v) is 5.19. The van der Waals surface area contributed by atoms with Gasteiger partial charge < -0.3 is 4.98 Å². The van der Waals surface area contributed by atoms with Crippen LogP contribution in [0.4, 0.5) is 0 Å². The highest BCUT2D eigenvalue weighted by atomic mass is 16.1. The number of nitrogens with zero attached hydrogens (tertiary/aromatic N) is 2. The molecule has 0 radical (unpaired) electrons. The summed E-state index contributed by atoms with van der Waals surface area (Å²) < 4.78 is 0. The molecule has 0 aliphatic rings. The Bertz CT molecular complexity index is 665. The van der Waals surface area contributed by atoms with E-state index < -0.39 is 5.69 Å². The van der Waals surface area contributed by atoms with Crippen LogP contribution in [-0.4, -0.2) is 9.97 Å². The van der Waals surface area contributed by atoms with Crippen molar-refractivity contribution in [2.75, 3.05) is 0 Å². The van der Waals surface area contributed by atoms with Crippen LogP contribution in [-0.2, 0) is 0 Å². The zero-order valence-corrected chi connectivity index (χ0v) is 9.61. The Balaban J connectivity index is 2.68. The maximum absolute atomic E-state index is 11.3. The molecule has 4 nitrogen and oxygen atoms in total. The minimum absolute atomic E-state index is 0.129. The summed E-state index contributed by atoms with van der Waals surface area (Å²) in [6.45, 7) is 3.94. The molecule has 1 heterocycles. The van der Waals surface area contributed by atoms with Crippen molar-refractivity contribution in [2.45, 2.75) is 13.8 Å². The molecule has 17 heavy (non-hydrogen) atoms. The molecule has 0 bridgehead atoms. The van der Waals surface area contributed by atoms with E-state index in [2.05, 4.69) is 9.97 Å². The van der Waals surface area contributed by atoms with E-state index in [0.717, 1.165) is 16.7 Å². The largest absolute Gasteiger partial charge is 0.346 e.